The van der Waals surface area contributed by atoms with Crippen molar-refractivity contribution in [2.45, 2.75) is 70.2 Å². The second-order valence-electron chi connectivity index (χ2n) is 14.5. The van der Waals surface area contributed by atoms with Crippen LogP contribution in [0.5, 0.6) is 5.75 Å². The number of carbonyl (C=O) groups is 1. The molecular weight excluding hydrogens is 629 g/mol. The van der Waals surface area contributed by atoms with Gasteiger partial charge in [0.05, 0.1) is 24.4 Å². The third kappa shape index (κ3) is 5.03. The Kier molecular flexibility index (Phi) is 7.55. The van der Waals surface area contributed by atoms with Gasteiger partial charge in [-0.1, -0.05) is 44.2 Å². The molecule has 4 heterocycles. The maximum atomic E-state index is 13.8. The molecule has 9 nitrogen and oxygen atoms in total. The lowest BCUT2D eigenvalue weighted by Gasteiger charge is -2.67. The van der Waals surface area contributed by atoms with E-state index in [9.17, 15) is 19.1 Å². The number of ether oxygens (including phenoxy) is 4. The van der Waals surface area contributed by atoms with Crippen LogP contribution in [0.15, 0.2) is 94.4 Å². The summed E-state index contributed by atoms with van der Waals surface area (Å²) >= 11 is 0. The van der Waals surface area contributed by atoms with Gasteiger partial charge in [0.1, 0.15) is 34.6 Å². The van der Waals surface area contributed by atoms with Gasteiger partial charge in [-0.25, -0.2) is 14.0 Å². The summed E-state index contributed by atoms with van der Waals surface area (Å²) in [6, 6.07) is 20.1. The molecule has 49 heavy (non-hydrogen) atoms. The monoisotopic (exact) mass is 667 g/mol. The van der Waals surface area contributed by atoms with Crippen LogP contribution in [-0.4, -0.2) is 40.5 Å². The van der Waals surface area contributed by atoms with Gasteiger partial charge in [-0.05, 0) is 73.9 Å². The second-order valence-corrected chi connectivity index (χ2v) is 14.5. The van der Waals surface area contributed by atoms with E-state index in [1.807, 2.05) is 37.3 Å². The summed E-state index contributed by atoms with van der Waals surface area (Å²) in [4.78, 5) is 31.5. The Bertz CT molecular complexity index is 1940. The maximum Gasteiger partial charge on any atom is 0.345 e. The van der Waals surface area contributed by atoms with Gasteiger partial charge in [-0.3, -0.25) is 4.98 Å². The SMILES string of the molecule is C[C@]12CC[C@@H]3OC(c4ccccc4)OC[C@@]3(C)C1C[C@H](OC(=O)c1ccc(F)cc1)[C@@]1(C)Oc3cc(-c4cccnc4)oc(=O)c3[C@H](O)C21. The first-order chi connectivity index (χ1) is 23.5. The molecule has 3 unspecified atom stereocenters. The second kappa shape index (κ2) is 11.6. The number of aromatic nitrogens is 1. The van der Waals surface area contributed by atoms with Crippen LogP contribution < -0.4 is 10.4 Å². The minimum Gasteiger partial charge on any atom is -0.482 e. The predicted octanol–water partition coefficient (Wildman–Crippen LogP) is 6.81. The van der Waals surface area contributed by atoms with Crippen molar-refractivity contribution >= 4 is 5.97 Å². The zero-order valence-corrected chi connectivity index (χ0v) is 27.5. The standard InChI is InChI=1S/C39H38FNO8/c1-37-16-15-29-38(2,21-45-36(48-29)23-8-5-4-6-9-23)28(37)19-30(47-34(43)22-11-13-25(40)14-12-22)39(3)33(37)32(42)31-27(49-39)18-26(46-35(31)44)24-10-7-17-41-20-24/h4-14,17-18,20,28-30,32-33,36,42H,15-16,19,21H2,1-3H3/t28?,29-,30-,32-,33?,36?,37-,38-,39+/m0/s1. The number of aliphatic hydroxyl groups excluding tert-OH is 1. The number of rotatable bonds is 4. The van der Waals surface area contributed by atoms with Crippen molar-refractivity contribution in [2.24, 2.45) is 22.7 Å². The molecule has 2 aromatic carbocycles. The highest BCUT2D eigenvalue weighted by atomic mass is 19.1. The Labute approximate surface area is 283 Å². The van der Waals surface area contributed by atoms with Crippen molar-refractivity contribution in [2.75, 3.05) is 6.61 Å². The lowest BCUT2D eigenvalue weighted by atomic mass is 9.42. The van der Waals surface area contributed by atoms with Crippen molar-refractivity contribution < 1.29 is 37.7 Å². The summed E-state index contributed by atoms with van der Waals surface area (Å²) in [7, 11) is 0. The number of hydrogen-bond donors (Lipinski definition) is 1. The first-order valence-electron chi connectivity index (χ1n) is 16.8. The van der Waals surface area contributed by atoms with Crippen LogP contribution in [-0.2, 0) is 14.2 Å². The number of pyridine rings is 1. The van der Waals surface area contributed by atoms with E-state index in [1.165, 1.54) is 24.3 Å². The van der Waals surface area contributed by atoms with Gasteiger partial charge < -0.3 is 28.5 Å². The number of benzene rings is 2. The molecule has 2 aromatic heterocycles. The molecule has 2 saturated carbocycles. The van der Waals surface area contributed by atoms with Crippen molar-refractivity contribution in [1.29, 1.82) is 0 Å². The van der Waals surface area contributed by atoms with Crippen LogP contribution >= 0.6 is 0 Å². The molecule has 254 valence electrons. The summed E-state index contributed by atoms with van der Waals surface area (Å²) in [6.45, 7) is 6.50. The Morgan fingerprint density at radius 2 is 1.80 bits per heavy atom. The molecule has 2 aliphatic heterocycles. The minimum absolute atomic E-state index is 0.0353. The van der Waals surface area contributed by atoms with E-state index in [2.05, 4.69) is 18.8 Å². The molecule has 0 bridgehead atoms. The Hall–Kier alpha value is -4.38. The number of fused-ring (bicyclic) bond motifs is 6. The Balaban J connectivity index is 1.21. The van der Waals surface area contributed by atoms with Gasteiger partial charge in [0.15, 0.2) is 6.29 Å². The zero-order chi connectivity index (χ0) is 34.1. The Morgan fingerprint density at radius 3 is 2.53 bits per heavy atom. The van der Waals surface area contributed by atoms with Gasteiger partial charge in [0.25, 0.3) is 0 Å². The molecule has 1 N–H and O–H groups in total. The van der Waals surface area contributed by atoms with Crippen LogP contribution in [0.25, 0.3) is 11.3 Å². The average molecular weight is 668 g/mol. The van der Waals surface area contributed by atoms with Crippen molar-refractivity contribution in [3.63, 3.8) is 0 Å². The molecule has 4 aromatic rings. The molecule has 0 radical (unpaired) electrons. The third-order valence-corrected chi connectivity index (χ3v) is 11.8. The van der Waals surface area contributed by atoms with Gasteiger partial charge in [-0.15, -0.1) is 0 Å². The lowest BCUT2D eigenvalue weighted by molar-refractivity contribution is -0.330. The molecule has 8 rings (SSSR count). The van der Waals surface area contributed by atoms with Gasteiger partial charge in [-0.2, -0.15) is 0 Å². The quantitative estimate of drug-likeness (QED) is 0.234. The molecule has 0 amide bonds. The molecule has 3 fully saturated rings. The van der Waals surface area contributed by atoms with Crippen molar-refractivity contribution in [3.8, 4) is 17.1 Å². The molecule has 10 heteroatoms. The zero-order valence-electron chi connectivity index (χ0n) is 27.5. The third-order valence-electron chi connectivity index (χ3n) is 11.8. The number of carbonyl (C=O) groups excluding carboxylic acids is 1. The summed E-state index contributed by atoms with van der Waals surface area (Å²) in [5.41, 5.74) is -1.37. The van der Waals surface area contributed by atoms with E-state index in [1.54, 1.807) is 30.6 Å². The van der Waals surface area contributed by atoms with Gasteiger partial charge in [0, 0.05) is 40.9 Å². The largest absolute Gasteiger partial charge is 0.482 e. The van der Waals surface area contributed by atoms with Crippen LogP contribution in [0, 0.1) is 28.5 Å². The predicted molar refractivity (Wildman–Crippen MR) is 175 cm³/mol. The van der Waals surface area contributed by atoms with E-state index in [0.29, 0.717) is 31.4 Å². The van der Waals surface area contributed by atoms with Crippen LogP contribution in [0.3, 0.4) is 0 Å². The fourth-order valence-electron chi connectivity index (χ4n) is 9.42. The average Bonchev–Trinajstić information content (AvgIpc) is 3.09. The molecule has 2 aliphatic carbocycles. The maximum absolute atomic E-state index is 13.8. The minimum atomic E-state index is -1.30. The highest BCUT2D eigenvalue weighted by Crippen LogP contribution is 2.68. The smallest absolute Gasteiger partial charge is 0.345 e. The molecule has 1 saturated heterocycles. The van der Waals surface area contributed by atoms with E-state index >= 15 is 0 Å². The summed E-state index contributed by atoms with van der Waals surface area (Å²) in [5, 5.41) is 12.3. The van der Waals surface area contributed by atoms with Crippen LogP contribution in [0.1, 0.15) is 73.9 Å². The number of halogens is 1. The Morgan fingerprint density at radius 1 is 1.02 bits per heavy atom. The highest BCUT2D eigenvalue weighted by molar-refractivity contribution is 5.89. The fraction of sp³-hybridized carbons (Fsp3) is 0.410. The normalized spacial score (nSPS) is 34.7. The first-order valence-corrected chi connectivity index (χ1v) is 16.8. The summed E-state index contributed by atoms with van der Waals surface area (Å²) in [6.07, 6.45) is 2.06. The topological polar surface area (TPSA) is 117 Å². The summed E-state index contributed by atoms with van der Waals surface area (Å²) < 4.78 is 45.7. The number of nitrogens with zero attached hydrogens (tertiary/aromatic N) is 1. The molecular formula is C39H38FNO8. The molecule has 4 aliphatic rings. The van der Waals surface area contributed by atoms with E-state index in [4.69, 9.17) is 23.4 Å². The van der Waals surface area contributed by atoms with Crippen molar-refractivity contribution in [3.05, 3.63) is 118 Å². The van der Waals surface area contributed by atoms with E-state index < -0.39 is 58.3 Å². The number of esters is 1. The number of hydrogen-bond acceptors (Lipinski definition) is 9. The lowest BCUT2D eigenvalue weighted by Crippen LogP contribution is -2.71. The van der Waals surface area contributed by atoms with Crippen LogP contribution in [0.2, 0.25) is 0 Å². The molecule has 0 spiro atoms. The van der Waals surface area contributed by atoms with Crippen LogP contribution in [0.4, 0.5) is 4.39 Å². The fourth-order valence-corrected chi connectivity index (χ4v) is 9.42. The number of aliphatic hydroxyl groups is 1. The first kappa shape index (κ1) is 31.9. The van der Waals surface area contributed by atoms with Gasteiger partial charge >= 0.3 is 11.6 Å². The summed E-state index contributed by atoms with van der Waals surface area (Å²) in [5.74, 6) is -1.57. The van der Waals surface area contributed by atoms with Crippen molar-refractivity contribution in [1.82, 2.24) is 4.98 Å². The van der Waals surface area contributed by atoms with E-state index in [0.717, 1.165) is 5.56 Å². The van der Waals surface area contributed by atoms with E-state index in [-0.39, 0.29) is 34.7 Å². The highest BCUT2D eigenvalue weighted by Gasteiger charge is 2.71. The molecule has 9 atom stereocenters. The van der Waals surface area contributed by atoms with Gasteiger partial charge in [0.2, 0.25) is 0 Å².